The Hall–Kier alpha value is -2.73. The Bertz CT molecular complexity index is 720. The molecule has 24 heavy (non-hydrogen) atoms. The van der Waals surface area contributed by atoms with Crippen molar-refractivity contribution >= 4 is 23.7 Å². The number of hydrogen-bond acceptors (Lipinski definition) is 4. The Labute approximate surface area is 143 Å². The number of amides is 1. The summed E-state index contributed by atoms with van der Waals surface area (Å²) in [6.07, 6.45) is -0.813. The van der Waals surface area contributed by atoms with Crippen LogP contribution < -0.4 is 5.32 Å². The lowest BCUT2D eigenvalue weighted by Gasteiger charge is -2.15. The number of alkyl carbamates (subject to hydrolysis) is 1. The molecule has 2 rings (SSSR count). The minimum atomic E-state index is -1.20. The van der Waals surface area contributed by atoms with Gasteiger partial charge in [0.15, 0.2) is 0 Å². The van der Waals surface area contributed by atoms with Crippen LogP contribution in [0.5, 0.6) is 5.75 Å². The number of aromatic hydroxyl groups is 1. The highest BCUT2D eigenvalue weighted by atomic mass is 35.5. The first-order valence-corrected chi connectivity index (χ1v) is 7.51. The number of rotatable bonds is 6. The molecule has 0 aromatic heterocycles. The molecule has 0 unspecified atom stereocenters. The molecule has 2 aromatic rings. The number of benzene rings is 2. The van der Waals surface area contributed by atoms with E-state index in [-0.39, 0.29) is 23.8 Å². The summed E-state index contributed by atoms with van der Waals surface area (Å²) >= 11 is 5.79. The molecule has 1 amide bonds. The third kappa shape index (κ3) is 5.17. The highest BCUT2D eigenvalue weighted by molar-refractivity contribution is 6.32. The number of ether oxygens (including phenoxy) is 1. The van der Waals surface area contributed by atoms with E-state index in [1.54, 1.807) is 12.1 Å². The first-order valence-electron chi connectivity index (χ1n) is 7.13. The van der Waals surface area contributed by atoms with Gasteiger partial charge in [-0.1, -0.05) is 48.0 Å². The van der Waals surface area contributed by atoms with Gasteiger partial charge in [-0.3, -0.25) is 0 Å². The Morgan fingerprint density at radius 2 is 1.83 bits per heavy atom. The van der Waals surface area contributed by atoms with Crippen molar-refractivity contribution in [3.63, 3.8) is 0 Å². The molecule has 0 saturated carbocycles. The molecule has 126 valence electrons. The predicted octanol–water partition coefficient (Wildman–Crippen LogP) is 2.97. The molecule has 0 aliphatic heterocycles. The van der Waals surface area contributed by atoms with Crippen LogP contribution in [0.3, 0.4) is 0 Å². The van der Waals surface area contributed by atoms with Crippen molar-refractivity contribution in [2.24, 2.45) is 0 Å². The number of carboxylic acids is 1. The smallest absolute Gasteiger partial charge is 0.408 e. The fraction of sp³-hybridized carbons (Fsp3) is 0.176. The molecule has 0 aliphatic rings. The maximum atomic E-state index is 11.8. The van der Waals surface area contributed by atoms with Gasteiger partial charge in [0, 0.05) is 6.42 Å². The molecule has 0 aliphatic carbocycles. The summed E-state index contributed by atoms with van der Waals surface area (Å²) < 4.78 is 5.01. The van der Waals surface area contributed by atoms with E-state index in [4.69, 9.17) is 16.3 Å². The maximum Gasteiger partial charge on any atom is 0.408 e. The van der Waals surface area contributed by atoms with Crippen molar-refractivity contribution in [1.82, 2.24) is 5.32 Å². The standard InChI is InChI=1S/C17H16ClNO5/c18-13-8-12(6-7-15(13)20)9-14(16(21)22)19-17(23)24-10-11-4-2-1-3-5-11/h1-8,14,20H,9-10H2,(H,19,23)(H,21,22)/t14-/m0/s1. The van der Waals surface area contributed by atoms with Gasteiger partial charge in [0.1, 0.15) is 18.4 Å². The minimum Gasteiger partial charge on any atom is -0.506 e. The molecule has 0 radical (unpaired) electrons. The number of aliphatic carboxylic acids is 1. The zero-order valence-electron chi connectivity index (χ0n) is 12.6. The van der Waals surface area contributed by atoms with Crippen molar-refractivity contribution in [3.05, 3.63) is 64.7 Å². The molecule has 0 heterocycles. The second-order valence-electron chi connectivity index (χ2n) is 5.09. The Morgan fingerprint density at radius 3 is 2.46 bits per heavy atom. The van der Waals surface area contributed by atoms with E-state index >= 15 is 0 Å². The van der Waals surface area contributed by atoms with Crippen molar-refractivity contribution in [1.29, 1.82) is 0 Å². The number of phenolic OH excluding ortho intramolecular Hbond substituents is 1. The summed E-state index contributed by atoms with van der Waals surface area (Å²) in [6.45, 7) is 0.0457. The molecule has 0 fully saturated rings. The minimum absolute atomic E-state index is 0.00969. The molecule has 6 nitrogen and oxygen atoms in total. The van der Waals surface area contributed by atoms with Gasteiger partial charge >= 0.3 is 12.1 Å². The van der Waals surface area contributed by atoms with Crippen LogP contribution in [-0.4, -0.2) is 28.3 Å². The van der Waals surface area contributed by atoms with E-state index in [1.807, 2.05) is 18.2 Å². The summed E-state index contributed by atoms with van der Waals surface area (Å²) in [6, 6.07) is 12.2. The van der Waals surface area contributed by atoms with Crippen LogP contribution in [-0.2, 0) is 22.6 Å². The lowest BCUT2D eigenvalue weighted by molar-refractivity contribution is -0.139. The number of carboxylic acid groups (broad SMARTS) is 1. The van der Waals surface area contributed by atoms with Crippen LogP contribution in [0.25, 0.3) is 0 Å². The Morgan fingerprint density at radius 1 is 1.12 bits per heavy atom. The van der Waals surface area contributed by atoms with Crippen molar-refractivity contribution < 1.29 is 24.5 Å². The first kappa shape index (κ1) is 17.6. The van der Waals surface area contributed by atoms with E-state index in [0.717, 1.165) is 5.56 Å². The molecule has 0 bridgehead atoms. The molecule has 3 N–H and O–H groups in total. The normalized spacial score (nSPS) is 11.5. The van der Waals surface area contributed by atoms with E-state index in [0.29, 0.717) is 5.56 Å². The summed E-state index contributed by atoms with van der Waals surface area (Å²) in [7, 11) is 0. The van der Waals surface area contributed by atoms with Crippen LogP contribution in [0.15, 0.2) is 48.5 Å². The number of nitrogens with one attached hydrogen (secondary N) is 1. The topological polar surface area (TPSA) is 95.9 Å². The van der Waals surface area contributed by atoms with Crippen LogP contribution in [0, 0.1) is 0 Å². The van der Waals surface area contributed by atoms with Crippen molar-refractivity contribution in [2.45, 2.75) is 19.1 Å². The number of carbonyl (C=O) groups is 2. The fourth-order valence-corrected chi connectivity index (χ4v) is 2.22. The van der Waals surface area contributed by atoms with Gasteiger partial charge in [-0.05, 0) is 23.3 Å². The molecule has 0 saturated heterocycles. The van der Waals surface area contributed by atoms with Crippen LogP contribution in [0.4, 0.5) is 4.79 Å². The van der Waals surface area contributed by atoms with Gasteiger partial charge in [-0.2, -0.15) is 0 Å². The van der Waals surface area contributed by atoms with Gasteiger partial charge in [0.25, 0.3) is 0 Å². The van der Waals surface area contributed by atoms with Gasteiger partial charge in [0.2, 0.25) is 0 Å². The number of hydrogen-bond donors (Lipinski definition) is 3. The van der Waals surface area contributed by atoms with E-state index in [2.05, 4.69) is 5.32 Å². The monoisotopic (exact) mass is 349 g/mol. The van der Waals surface area contributed by atoms with Crippen LogP contribution >= 0.6 is 11.6 Å². The second-order valence-corrected chi connectivity index (χ2v) is 5.49. The highest BCUT2D eigenvalue weighted by Crippen LogP contribution is 2.24. The second kappa shape index (κ2) is 8.21. The van der Waals surface area contributed by atoms with Gasteiger partial charge in [-0.25, -0.2) is 9.59 Å². The summed E-state index contributed by atoms with van der Waals surface area (Å²) in [5.74, 6) is -1.29. The Kier molecular flexibility index (Phi) is 6.03. The van der Waals surface area contributed by atoms with E-state index < -0.39 is 18.1 Å². The summed E-state index contributed by atoms with van der Waals surface area (Å²) in [4.78, 5) is 23.1. The first-order chi connectivity index (χ1) is 11.5. The average Bonchev–Trinajstić information content (AvgIpc) is 2.56. The lowest BCUT2D eigenvalue weighted by atomic mass is 10.1. The van der Waals surface area contributed by atoms with Crippen molar-refractivity contribution in [2.75, 3.05) is 0 Å². The Balaban J connectivity index is 1.93. The van der Waals surface area contributed by atoms with Crippen LogP contribution in [0.1, 0.15) is 11.1 Å². The third-order valence-corrected chi connectivity index (χ3v) is 3.56. The summed E-state index contributed by atoms with van der Waals surface area (Å²) in [5.41, 5.74) is 1.36. The lowest BCUT2D eigenvalue weighted by Crippen LogP contribution is -2.42. The largest absolute Gasteiger partial charge is 0.506 e. The molecule has 1 atom stereocenters. The SMILES string of the molecule is O=C(N[C@@H](Cc1ccc(O)c(Cl)c1)C(=O)O)OCc1ccccc1. The zero-order chi connectivity index (χ0) is 17.5. The van der Waals surface area contributed by atoms with Crippen molar-refractivity contribution in [3.8, 4) is 5.75 Å². The van der Waals surface area contributed by atoms with E-state index in [1.165, 1.54) is 18.2 Å². The molecule has 7 heteroatoms. The third-order valence-electron chi connectivity index (χ3n) is 3.25. The predicted molar refractivity (Wildman–Crippen MR) is 88.0 cm³/mol. The number of halogens is 1. The number of phenols is 1. The van der Waals surface area contributed by atoms with Gasteiger partial charge < -0.3 is 20.3 Å². The van der Waals surface area contributed by atoms with Gasteiger partial charge in [0.05, 0.1) is 5.02 Å². The van der Waals surface area contributed by atoms with Crippen LogP contribution in [0.2, 0.25) is 5.02 Å². The fourth-order valence-electron chi connectivity index (χ4n) is 2.02. The maximum absolute atomic E-state index is 11.8. The molecule has 2 aromatic carbocycles. The average molecular weight is 350 g/mol. The molecular formula is C17H16ClNO5. The van der Waals surface area contributed by atoms with Gasteiger partial charge in [-0.15, -0.1) is 0 Å². The van der Waals surface area contributed by atoms with E-state index in [9.17, 15) is 19.8 Å². The summed E-state index contributed by atoms with van der Waals surface area (Å²) in [5, 5.41) is 21.0. The molecule has 0 spiro atoms. The number of carbonyl (C=O) groups excluding carboxylic acids is 1. The highest BCUT2D eigenvalue weighted by Gasteiger charge is 2.21. The zero-order valence-corrected chi connectivity index (χ0v) is 13.4. The quantitative estimate of drug-likeness (QED) is 0.745. The molecular weight excluding hydrogens is 334 g/mol.